The molecule has 0 spiro atoms. The molecule has 1 atom stereocenters. The highest BCUT2D eigenvalue weighted by Crippen LogP contribution is 2.28. The summed E-state index contributed by atoms with van der Waals surface area (Å²) >= 11 is 3.53. The summed E-state index contributed by atoms with van der Waals surface area (Å²) in [5.74, 6) is 0.712. The van der Waals surface area contributed by atoms with Gasteiger partial charge in [-0.25, -0.2) is 0 Å². The predicted octanol–water partition coefficient (Wildman–Crippen LogP) is 3.58. The molecule has 0 aliphatic heterocycles. The smallest absolute Gasteiger partial charge is 0.185 e. The molecule has 0 bridgehead atoms. The molecule has 0 amide bonds. The fourth-order valence-corrected chi connectivity index (χ4v) is 1.49. The van der Waals surface area contributed by atoms with E-state index in [1.54, 1.807) is 6.20 Å². The Labute approximate surface area is 96.6 Å². The summed E-state index contributed by atoms with van der Waals surface area (Å²) in [5, 5.41) is 4.00. The zero-order valence-electron chi connectivity index (χ0n) is 8.35. The van der Waals surface area contributed by atoms with Crippen LogP contribution in [0.25, 0.3) is 11.5 Å². The van der Waals surface area contributed by atoms with Crippen LogP contribution in [0.2, 0.25) is 0 Å². The third-order valence-corrected chi connectivity index (χ3v) is 3.24. The first-order chi connectivity index (χ1) is 7.31. The third-order valence-electron chi connectivity index (χ3n) is 2.13. The van der Waals surface area contributed by atoms with Gasteiger partial charge in [0.15, 0.2) is 5.76 Å². The van der Waals surface area contributed by atoms with E-state index in [0.717, 1.165) is 17.8 Å². The van der Waals surface area contributed by atoms with Gasteiger partial charge in [-0.15, -0.1) is 0 Å². The molecule has 0 N–H and O–H groups in total. The van der Waals surface area contributed by atoms with E-state index >= 15 is 0 Å². The Morgan fingerprint density at radius 3 is 3.00 bits per heavy atom. The number of nitrogens with zero attached hydrogens (tertiary/aromatic N) is 2. The zero-order valence-corrected chi connectivity index (χ0v) is 9.94. The zero-order chi connectivity index (χ0) is 10.7. The van der Waals surface area contributed by atoms with Gasteiger partial charge in [-0.2, -0.15) is 0 Å². The maximum atomic E-state index is 5.23. The van der Waals surface area contributed by atoms with E-state index in [-0.39, 0.29) is 4.83 Å². The van der Waals surface area contributed by atoms with Crippen LogP contribution >= 0.6 is 15.9 Å². The number of hydrogen-bond acceptors (Lipinski definition) is 3. The standard InChI is InChI=1S/C11H11BrN2O/c1-2-8(12)10-7-11(15-14-10)9-5-3-4-6-13-9/h3-8H,2H2,1H3. The van der Waals surface area contributed by atoms with Gasteiger partial charge in [0, 0.05) is 12.3 Å². The molecule has 0 radical (unpaired) electrons. The lowest BCUT2D eigenvalue weighted by Gasteiger charge is -1.97. The van der Waals surface area contributed by atoms with Crippen molar-refractivity contribution in [3.05, 3.63) is 36.2 Å². The Kier molecular flexibility index (Phi) is 3.16. The van der Waals surface area contributed by atoms with Gasteiger partial charge in [0.2, 0.25) is 0 Å². The quantitative estimate of drug-likeness (QED) is 0.798. The van der Waals surface area contributed by atoms with Crippen LogP contribution in [0.1, 0.15) is 23.9 Å². The van der Waals surface area contributed by atoms with Gasteiger partial charge in [-0.05, 0) is 18.6 Å². The summed E-state index contributed by atoms with van der Waals surface area (Å²) in [6.07, 6.45) is 2.72. The lowest BCUT2D eigenvalue weighted by atomic mass is 10.2. The van der Waals surface area contributed by atoms with E-state index in [1.165, 1.54) is 0 Å². The lowest BCUT2D eigenvalue weighted by molar-refractivity contribution is 0.421. The van der Waals surface area contributed by atoms with Crippen LogP contribution in [0.15, 0.2) is 35.0 Å². The van der Waals surface area contributed by atoms with Gasteiger partial charge in [-0.3, -0.25) is 4.98 Å². The Morgan fingerprint density at radius 2 is 2.33 bits per heavy atom. The molecule has 0 saturated carbocycles. The van der Waals surface area contributed by atoms with Crippen LogP contribution < -0.4 is 0 Å². The van der Waals surface area contributed by atoms with Gasteiger partial charge < -0.3 is 4.52 Å². The van der Waals surface area contributed by atoms with Crippen molar-refractivity contribution in [2.45, 2.75) is 18.2 Å². The molecule has 0 fully saturated rings. The third kappa shape index (κ3) is 2.26. The fourth-order valence-electron chi connectivity index (χ4n) is 1.27. The van der Waals surface area contributed by atoms with Crippen molar-refractivity contribution in [1.82, 2.24) is 10.1 Å². The second-order valence-corrected chi connectivity index (χ2v) is 4.31. The largest absolute Gasteiger partial charge is 0.354 e. The van der Waals surface area contributed by atoms with E-state index in [2.05, 4.69) is 33.0 Å². The second kappa shape index (κ2) is 4.57. The maximum Gasteiger partial charge on any atom is 0.185 e. The average molecular weight is 267 g/mol. The number of hydrogen-bond donors (Lipinski definition) is 0. The van der Waals surface area contributed by atoms with Crippen molar-refractivity contribution in [3.63, 3.8) is 0 Å². The number of aromatic nitrogens is 2. The van der Waals surface area contributed by atoms with Gasteiger partial charge in [0.1, 0.15) is 5.69 Å². The van der Waals surface area contributed by atoms with Crippen LogP contribution in [0.3, 0.4) is 0 Å². The summed E-state index contributed by atoms with van der Waals surface area (Å²) in [6, 6.07) is 7.63. The van der Waals surface area contributed by atoms with Gasteiger partial charge >= 0.3 is 0 Å². The molecule has 78 valence electrons. The predicted molar refractivity (Wildman–Crippen MR) is 61.7 cm³/mol. The highest BCUT2D eigenvalue weighted by Gasteiger charge is 2.12. The van der Waals surface area contributed by atoms with Crippen LogP contribution in [-0.4, -0.2) is 10.1 Å². The molecule has 2 aromatic heterocycles. The highest BCUT2D eigenvalue weighted by molar-refractivity contribution is 9.09. The van der Waals surface area contributed by atoms with Crippen LogP contribution in [0, 0.1) is 0 Å². The lowest BCUT2D eigenvalue weighted by Crippen LogP contribution is -1.85. The Morgan fingerprint density at radius 1 is 1.47 bits per heavy atom. The minimum absolute atomic E-state index is 0.249. The summed E-state index contributed by atoms with van der Waals surface area (Å²) < 4.78 is 5.23. The molecular weight excluding hydrogens is 256 g/mol. The van der Waals surface area contributed by atoms with Crippen LogP contribution in [0.4, 0.5) is 0 Å². The number of rotatable bonds is 3. The summed E-state index contributed by atoms with van der Waals surface area (Å²) in [6.45, 7) is 2.09. The minimum atomic E-state index is 0.249. The first-order valence-corrected chi connectivity index (χ1v) is 5.75. The molecule has 4 heteroatoms. The van der Waals surface area contributed by atoms with Crippen molar-refractivity contribution >= 4 is 15.9 Å². The molecule has 15 heavy (non-hydrogen) atoms. The van der Waals surface area contributed by atoms with Crippen LogP contribution in [0.5, 0.6) is 0 Å². The first kappa shape index (κ1) is 10.4. The fraction of sp³-hybridized carbons (Fsp3) is 0.273. The van der Waals surface area contributed by atoms with Crippen molar-refractivity contribution in [1.29, 1.82) is 0 Å². The summed E-state index contributed by atoms with van der Waals surface area (Å²) in [4.78, 5) is 4.45. The highest BCUT2D eigenvalue weighted by atomic mass is 79.9. The van der Waals surface area contributed by atoms with Crippen molar-refractivity contribution in [2.24, 2.45) is 0 Å². The summed E-state index contributed by atoms with van der Waals surface area (Å²) in [5.41, 5.74) is 1.73. The topological polar surface area (TPSA) is 38.9 Å². The van der Waals surface area contributed by atoms with E-state index in [1.807, 2.05) is 24.3 Å². The SMILES string of the molecule is CCC(Br)c1cc(-c2ccccn2)on1. The van der Waals surface area contributed by atoms with Crippen molar-refractivity contribution in [3.8, 4) is 11.5 Å². The number of halogens is 1. The molecule has 3 nitrogen and oxygen atoms in total. The Balaban J connectivity index is 2.28. The van der Waals surface area contributed by atoms with Crippen LogP contribution in [-0.2, 0) is 0 Å². The van der Waals surface area contributed by atoms with Gasteiger partial charge in [0.05, 0.1) is 10.5 Å². The number of pyridine rings is 1. The van der Waals surface area contributed by atoms with Gasteiger partial charge in [-0.1, -0.05) is 34.1 Å². The van der Waals surface area contributed by atoms with E-state index < -0.39 is 0 Å². The average Bonchev–Trinajstić information content (AvgIpc) is 2.78. The molecule has 0 aromatic carbocycles. The molecule has 0 aliphatic carbocycles. The molecule has 0 aliphatic rings. The van der Waals surface area contributed by atoms with Crippen molar-refractivity contribution in [2.75, 3.05) is 0 Å². The van der Waals surface area contributed by atoms with E-state index in [9.17, 15) is 0 Å². The first-order valence-electron chi connectivity index (χ1n) is 4.83. The molecule has 1 unspecified atom stereocenters. The van der Waals surface area contributed by atoms with Gasteiger partial charge in [0.25, 0.3) is 0 Å². The molecule has 0 saturated heterocycles. The van der Waals surface area contributed by atoms with Crippen molar-refractivity contribution < 1.29 is 4.52 Å². The van der Waals surface area contributed by atoms with E-state index in [4.69, 9.17) is 4.52 Å². The minimum Gasteiger partial charge on any atom is -0.354 e. The Bertz CT molecular complexity index is 427. The number of alkyl halides is 1. The molecule has 2 rings (SSSR count). The molecule has 2 heterocycles. The molecule has 2 aromatic rings. The van der Waals surface area contributed by atoms with E-state index in [0.29, 0.717) is 5.76 Å². The monoisotopic (exact) mass is 266 g/mol. The molecular formula is C11H11BrN2O. The normalized spacial score (nSPS) is 12.7. The maximum absolute atomic E-state index is 5.23. The second-order valence-electron chi connectivity index (χ2n) is 3.21. The Hall–Kier alpha value is -1.16. The summed E-state index contributed by atoms with van der Waals surface area (Å²) in [7, 11) is 0.